The number of likely N-dealkylation sites (N-methyl/N-ethyl adjacent to an activating group) is 1. The largest absolute Gasteiger partial charge is 0.459 e. The molecule has 1 amide bonds. The van der Waals surface area contributed by atoms with E-state index < -0.39 is 5.25 Å². The number of carbonyl (C=O) groups is 1. The van der Waals surface area contributed by atoms with Crippen molar-refractivity contribution < 1.29 is 13.6 Å². The van der Waals surface area contributed by atoms with Crippen molar-refractivity contribution in [2.24, 2.45) is 0 Å². The van der Waals surface area contributed by atoms with Crippen LogP contribution in [0.1, 0.15) is 10.8 Å². The van der Waals surface area contributed by atoms with Gasteiger partial charge >= 0.3 is 0 Å². The molecule has 0 spiro atoms. The lowest BCUT2D eigenvalue weighted by atomic mass is 10.1. The number of hydrogen-bond acceptors (Lipinski definition) is 6. The summed E-state index contributed by atoms with van der Waals surface area (Å²) in [6.45, 7) is 0. The van der Waals surface area contributed by atoms with E-state index in [1.54, 1.807) is 31.1 Å². The quantitative estimate of drug-likeness (QED) is 0.669. The molecule has 0 bridgehead atoms. The van der Waals surface area contributed by atoms with Gasteiger partial charge in [0.2, 0.25) is 5.91 Å². The van der Waals surface area contributed by atoms with Crippen LogP contribution in [-0.2, 0) is 4.79 Å². The van der Waals surface area contributed by atoms with E-state index in [1.165, 1.54) is 18.0 Å². The Morgan fingerprint density at radius 1 is 1.13 bits per heavy atom. The fourth-order valence-electron chi connectivity index (χ4n) is 1.98. The zero-order valence-electron chi connectivity index (χ0n) is 12.7. The fourth-order valence-corrected chi connectivity index (χ4v) is 3.00. The Bertz CT molecular complexity index is 769. The zero-order valence-corrected chi connectivity index (χ0v) is 13.5. The second-order valence-electron chi connectivity index (χ2n) is 4.99. The van der Waals surface area contributed by atoms with Crippen LogP contribution in [0.2, 0.25) is 0 Å². The lowest BCUT2D eigenvalue weighted by molar-refractivity contribution is -0.128. The van der Waals surface area contributed by atoms with Gasteiger partial charge in [-0.1, -0.05) is 30.3 Å². The van der Waals surface area contributed by atoms with Crippen LogP contribution >= 0.6 is 11.8 Å². The second-order valence-corrected chi connectivity index (χ2v) is 6.05. The summed E-state index contributed by atoms with van der Waals surface area (Å²) in [6.07, 6.45) is 1.54. The van der Waals surface area contributed by atoms with Gasteiger partial charge in [0.1, 0.15) is 5.25 Å². The minimum atomic E-state index is -0.448. The highest BCUT2D eigenvalue weighted by atomic mass is 32.2. The van der Waals surface area contributed by atoms with Gasteiger partial charge in [-0.25, -0.2) is 0 Å². The van der Waals surface area contributed by atoms with E-state index in [0.717, 1.165) is 5.56 Å². The molecule has 118 valence electrons. The van der Waals surface area contributed by atoms with Gasteiger partial charge in [-0.2, -0.15) is 0 Å². The maximum absolute atomic E-state index is 12.5. The van der Waals surface area contributed by atoms with Crippen LogP contribution in [0.3, 0.4) is 0 Å². The van der Waals surface area contributed by atoms with Gasteiger partial charge in [0.05, 0.1) is 6.26 Å². The van der Waals surface area contributed by atoms with Gasteiger partial charge in [-0.15, -0.1) is 10.2 Å². The fraction of sp³-hybridized carbons (Fsp3) is 0.188. The summed E-state index contributed by atoms with van der Waals surface area (Å²) < 4.78 is 10.8. The predicted molar refractivity (Wildman–Crippen MR) is 85.7 cm³/mol. The van der Waals surface area contributed by atoms with Crippen molar-refractivity contribution in [1.29, 1.82) is 0 Å². The summed E-state index contributed by atoms with van der Waals surface area (Å²) in [6, 6.07) is 13.0. The monoisotopic (exact) mass is 329 g/mol. The summed E-state index contributed by atoms with van der Waals surface area (Å²) >= 11 is 1.22. The number of hydrogen-bond donors (Lipinski definition) is 0. The van der Waals surface area contributed by atoms with Crippen LogP contribution in [0.25, 0.3) is 11.7 Å². The second kappa shape index (κ2) is 6.70. The van der Waals surface area contributed by atoms with Gasteiger partial charge in [0, 0.05) is 14.1 Å². The SMILES string of the molecule is CN(C)C(=O)C(Sc1nnc(-c2ccco2)o1)c1ccccc1. The molecule has 3 rings (SSSR count). The van der Waals surface area contributed by atoms with E-state index in [4.69, 9.17) is 8.83 Å². The number of amides is 1. The highest BCUT2D eigenvalue weighted by molar-refractivity contribution is 8.00. The third-order valence-electron chi connectivity index (χ3n) is 3.12. The van der Waals surface area contributed by atoms with Crippen molar-refractivity contribution in [3.8, 4) is 11.7 Å². The summed E-state index contributed by atoms with van der Waals surface area (Å²) in [7, 11) is 3.45. The minimum absolute atomic E-state index is 0.0426. The van der Waals surface area contributed by atoms with Crippen molar-refractivity contribution in [2.75, 3.05) is 14.1 Å². The maximum Gasteiger partial charge on any atom is 0.284 e. The van der Waals surface area contributed by atoms with Crippen LogP contribution < -0.4 is 0 Å². The summed E-state index contributed by atoms with van der Waals surface area (Å²) in [5, 5.41) is 7.82. The molecule has 1 aromatic carbocycles. The molecule has 2 aromatic heterocycles. The molecule has 0 N–H and O–H groups in total. The zero-order chi connectivity index (χ0) is 16.2. The minimum Gasteiger partial charge on any atom is -0.459 e. The molecule has 0 saturated heterocycles. The highest BCUT2D eigenvalue weighted by Gasteiger charge is 2.26. The van der Waals surface area contributed by atoms with Gasteiger partial charge in [0.15, 0.2) is 5.76 Å². The summed E-state index contributed by atoms with van der Waals surface area (Å²) in [5.41, 5.74) is 0.883. The van der Waals surface area contributed by atoms with Crippen LogP contribution in [0, 0.1) is 0 Å². The van der Waals surface area contributed by atoms with Gasteiger partial charge in [-0.05, 0) is 29.5 Å². The van der Waals surface area contributed by atoms with E-state index in [9.17, 15) is 4.79 Å². The van der Waals surface area contributed by atoms with Crippen molar-refractivity contribution in [1.82, 2.24) is 15.1 Å². The first-order valence-electron chi connectivity index (χ1n) is 6.95. The lowest BCUT2D eigenvalue weighted by Crippen LogP contribution is -2.26. The Morgan fingerprint density at radius 2 is 1.91 bits per heavy atom. The molecule has 0 fully saturated rings. The topological polar surface area (TPSA) is 72.4 Å². The van der Waals surface area contributed by atoms with Crippen molar-refractivity contribution >= 4 is 17.7 Å². The Hall–Kier alpha value is -2.54. The molecule has 3 aromatic rings. The molecule has 1 unspecified atom stereocenters. The number of furan rings is 1. The van der Waals surface area contributed by atoms with E-state index in [-0.39, 0.29) is 5.91 Å². The van der Waals surface area contributed by atoms with Gasteiger partial charge in [-0.3, -0.25) is 4.79 Å². The maximum atomic E-state index is 12.5. The molecule has 0 aliphatic heterocycles. The number of nitrogens with zero attached hydrogens (tertiary/aromatic N) is 3. The number of benzene rings is 1. The molecule has 6 nitrogen and oxygen atoms in total. The smallest absolute Gasteiger partial charge is 0.284 e. The Morgan fingerprint density at radius 3 is 2.57 bits per heavy atom. The van der Waals surface area contributed by atoms with E-state index in [1.807, 2.05) is 30.3 Å². The number of aromatic nitrogens is 2. The van der Waals surface area contributed by atoms with Crippen molar-refractivity contribution in [2.45, 2.75) is 10.5 Å². The van der Waals surface area contributed by atoms with Gasteiger partial charge < -0.3 is 13.7 Å². The molecule has 0 aliphatic carbocycles. The number of thioether (sulfide) groups is 1. The standard InChI is InChI=1S/C16H15N3O3S/c1-19(2)15(20)13(11-7-4-3-5-8-11)23-16-18-17-14(22-16)12-9-6-10-21-12/h3-10,13H,1-2H3. The molecule has 2 heterocycles. The van der Waals surface area contributed by atoms with E-state index >= 15 is 0 Å². The highest BCUT2D eigenvalue weighted by Crippen LogP contribution is 2.36. The Balaban J connectivity index is 1.86. The normalized spacial score (nSPS) is 12.1. The average Bonchev–Trinajstić information content (AvgIpc) is 3.24. The molecular weight excluding hydrogens is 314 g/mol. The molecular formula is C16H15N3O3S. The lowest BCUT2D eigenvalue weighted by Gasteiger charge is -2.18. The third kappa shape index (κ3) is 3.45. The first-order valence-corrected chi connectivity index (χ1v) is 7.83. The van der Waals surface area contributed by atoms with Crippen LogP contribution in [0.15, 0.2) is 62.8 Å². The van der Waals surface area contributed by atoms with Crippen LogP contribution in [-0.4, -0.2) is 35.1 Å². The molecule has 1 atom stereocenters. The molecule has 23 heavy (non-hydrogen) atoms. The first kappa shape index (κ1) is 15.4. The van der Waals surface area contributed by atoms with E-state index in [0.29, 0.717) is 16.9 Å². The first-order chi connectivity index (χ1) is 11.1. The summed E-state index contributed by atoms with van der Waals surface area (Å²) in [5.74, 6) is 0.750. The Kier molecular flexibility index (Phi) is 4.47. The summed E-state index contributed by atoms with van der Waals surface area (Å²) in [4.78, 5) is 14.0. The molecule has 0 aliphatic rings. The number of carbonyl (C=O) groups excluding carboxylic acids is 1. The van der Waals surface area contributed by atoms with Crippen LogP contribution in [0.4, 0.5) is 0 Å². The molecule has 0 saturated carbocycles. The van der Waals surface area contributed by atoms with Crippen molar-refractivity contribution in [3.63, 3.8) is 0 Å². The van der Waals surface area contributed by atoms with E-state index in [2.05, 4.69) is 10.2 Å². The number of rotatable bonds is 5. The third-order valence-corrected chi connectivity index (χ3v) is 4.20. The molecule has 7 heteroatoms. The average molecular weight is 329 g/mol. The van der Waals surface area contributed by atoms with Crippen molar-refractivity contribution in [3.05, 3.63) is 54.3 Å². The van der Waals surface area contributed by atoms with Crippen LogP contribution in [0.5, 0.6) is 0 Å². The van der Waals surface area contributed by atoms with Gasteiger partial charge in [0.25, 0.3) is 11.1 Å². The predicted octanol–water partition coefficient (Wildman–Crippen LogP) is 3.25. The Labute approximate surface area is 137 Å². The molecule has 0 radical (unpaired) electrons.